The Morgan fingerprint density at radius 2 is 2.00 bits per heavy atom. The van der Waals surface area contributed by atoms with Gasteiger partial charge in [-0.15, -0.1) is 0 Å². The Kier molecular flexibility index (Phi) is 4.76. The number of rotatable bonds is 5. The van der Waals surface area contributed by atoms with E-state index in [2.05, 4.69) is 6.58 Å². The first-order valence-electron chi connectivity index (χ1n) is 4.11. The van der Waals surface area contributed by atoms with Crippen LogP contribution in [0.5, 0.6) is 0 Å². The van der Waals surface area contributed by atoms with Gasteiger partial charge in [-0.3, -0.25) is 0 Å². The molecule has 0 radical (unpaired) electrons. The van der Waals surface area contributed by atoms with Crippen LogP contribution in [0.2, 0.25) is 0 Å². The number of carbonyl (C=O) groups excluding carboxylic acids is 1. The van der Waals surface area contributed by atoms with Crippen LogP contribution in [0.3, 0.4) is 0 Å². The van der Waals surface area contributed by atoms with Crippen molar-refractivity contribution in [1.82, 2.24) is 0 Å². The Morgan fingerprint density at radius 3 is 2.31 bits per heavy atom. The Labute approximate surface area is 81.8 Å². The predicted octanol–water partition coefficient (Wildman–Crippen LogP) is 1.06. The van der Waals surface area contributed by atoms with Crippen LogP contribution in [0, 0.1) is 0 Å². The first kappa shape index (κ1) is 12.8. The summed E-state index contributed by atoms with van der Waals surface area (Å²) >= 11 is 0. The number of hydrogen-bond acceptors (Lipinski definition) is 2. The number of likely N-dealkylation sites (N-methyl/N-ethyl adjacent to an activating group) is 1. The van der Waals surface area contributed by atoms with Crippen LogP contribution < -0.4 is 0 Å². The first-order valence-corrected chi connectivity index (χ1v) is 5.08. The highest BCUT2D eigenvalue weighted by Gasteiger charge is 2.09. The maximum absolute atomic E-state index is 11.2. The minimum Gasteiger partial charge on any atom is -0.422 e. The number of aliphatic hydroxyl groups is 1. The Hall–Kier alpha value is -0.240. The number of hydrogen-bond donors (Lipinski definition) is 1. The van der Waals surface area contributed by atoms with Gasteiger partial charge in [0, 0.05) is 5.52 Å². The third-order valence-electron chi connectivity index (χ3n) is 1.34. The van der Waals surface area contributed by atoms with Gasteiger partial charge in [0.25, 0.3) is 0 Å². The van der Waals surface area contributed by atoms with E-state index in [4.69, 9.17) is 0 Å². The zero-order chi connectivity index (χ0) is 10.6. The Morgan fingerprint density at radius 1 is 1.54 bits per heavy atom. The van der Waals surface area contributed by atoms with Gasteiger partial charge in [0.2, 0.25) is 0 Å². The lowest BCUT2D eigenvalue weighted by molar-refractivity contribution is -0.871. The van der Waals surface area contributed by atoms with Crippen LogP contribution in [0.4, 0.5) is 0 Å². The molecule has 76 valence electrons. The van der Waals surface area contributed by atoms with Gasteiger partial charge in [0.1, 0.15) is 0 Å². The van der Waals surface area contributed by atoms with Crippen molar-refractivity contribution in [2.45, 2.75) is 12.8 Å². The molecule has 0 spiro atoms. The highest BCUT2D eigenvalue weighted by atomic mass is 31.1. The number of aliphatic hydroxyl groups excluding tert-OH is 1. The molecule has 0 aliphatic rings. The van der Waals surface area contributed by atoms with Gasteiger partial charge >= 0.3 is 0 Å². The smallest absolute Gasteiger partial charge is 0.0774 e. The molecule has 0 aliphatic carbocycles. The van der Waals surface area contributed by atoms with E-state index >= 15 is 0 Å². The molecule has 0 heterocycles. The summed E-state index contributed by atoms with van der Waals surface area (Å²) < 4.78 is 0.650. The maximum atomic E-state index is 11.2. The Bertz CT molecular complexity index is 208. The summed E-state index contributed by atoms with van der Waals surface area (Å²) in [5.41, 5.74) is 0.420. The summed E-state index contributed by atoms with van der Waals surface area (Å²) in [7, 11) is 6.36. The van der Waals surface area contributed by atoms with Gasteiger partial charge in [-0.2, -0.15) is 0 Å². The van der Waals surface area contributed by atoms with Crippen molar-refractivity contribution in [1.29, 1.82) is 0 Å². The summed E-state index contributed by atoms with van der Waals surface area (Å²) in [6, 6.07) is 0. The molecule has 4 heteroatoms. The average molecular weight is 203 g/mol. The molecule has 13 heavy (non-hydrogen) atoms. The van der Waals surface area contributed by atoms with Crippen LogP contribution in [-0.2, 0) is 4.79 Å². The molecule has 0 saturated heterocycles. The van der Waals surface area contributed by atoms with Crippen molar-refractivity contribution in [3.05, 3.63) is 12.2 Å². The summed E-state index contributed by atoms with van der Waals surface area (Å²) in [6.07, 6.45) is 0. The lowest BCUT2D eigenvalue weighted by Gasteiger charge is -2.32. The second-order valence-corrected chi connectivity index (χ2v) is 5.43. The van der Waals surface area contributed by atoms with E-state index in [0.29, 0.717) is 25.2 Å². The molecule has 1 atom stereocenters. The molecular weight excluding hydrogens is 185 g/mol. The van der Waals surface area contributed by atoms with Gasteiger partial charge in [0.05, 0.1) is 27.7 Å². The zero-order valence-electron chi connectivity index (χ0n) is 8.74. The van der Waals surface area contributed by atoms with Gasteiger partial charge < -0.3 is 23.0 Å². The highest BCUT2D eigenvalue weighted by molar-refractivity contribution is 7.59. The summed E-state index contributed by atoms with van der Waals surface area (Å²) in [5.74, 6) is -0.593. The number of carbonyl (C=O) groups is 1. The molecule has 1 N–H and O–H groups in total. The minimum absolute atomic E-state index is 0.0825. The maximum Gasteiger partial charge on any atom is 0.0774 e. The van der Waals surface area contributed by atoms with Crippen molar-refractivity contribution >= 4 is 14.1 Å². The largest absolute Gasteiger partial charge is 0.422 e. The molecule has 3 nitrogen and oxygen atoms in total. The molecule has 0 rings (SSSR count). The van der Waals surface area contributed by atoms with Gasteiger partial charge in [-0.05, 0) is 18.3 Å². The monoisotopic (exact) mass is 203 g/mol. The fraction of sp³-hybridized carbons (Fsp3) is 0.667. The van der Waals surface area contributed by atoms with Crippen LogP contribution in [0.15, 0.2) is 12.2 Å². The SMILES string of the molecule is C=C(C)C(=O)[P-]C(O)C[N+](C)(C)C. The fourth-order valence-corrected chi connectivity index (χ4v) is 1.84. The molecule has 0 aromatic heterocycles. The molecule has 0 aromatic rings. The lowest BCUT2D eigenvalue weighted by atomic mass is 10.4. The standard InChI is InChI=1S/C9H18NO2P/c1-7(2)9(12)13-8(11)6-10(3,4)5/h8,11H,1,6H2,2-5H3. The second kappa shape index (κ2) is 4.85. The van der Waals surface area contributed by atoms with Crippen LogP contribution >= 0.6 is 8.58 Å². The zero-order valence-corrected chi connectivity index (χ0v) is 9.64. The fourth-order valence-electron chi connectivity index (χ4n) is 0.776. The van der Waals surface area contributed by atoms with E-state index in [-0.39, 0.29) is 5.52 Å². The van der Waals surface area contributed by atoms with Crippen LogP contribution in [0.1, 0.15) is 6.92 Å². The third-order valence-corrected chi connectivity index (χ3v) is 2.42. The van der Waals surface area contributed by atoms with E-state index in [1.54, 1.807) is 6.92 Å². The van der Waals surface area contributed by atoms with Crippen molar-refractivity contribution < 1.29 is 14.4 Å². The van der Waals surface area contributed by atoms with E-state index in [0.717, 1.165) is 0 Å². The molecular formula is C9H18NO2P. The molecule has 0 saturated carbocycles. The average Bonchev–Trinajstić information content (AvgIpc) is 1.81. The first-order chi connectivity index (χ1) is 5.72. The molecule has 0 aliphatic heterocycles. The molecule has 0 amide bonds. The normalized spacial score (nSPS) is 14.8. The van der Waals surface area contributed by atoms with Crippen molar-refractivity contribution in [2.75, 3.05) is 27.7 Å². The quantitative estimate of drug-likeness (QED) is 0.412. The molecule has 0 aromatic carbocycles. The second-order valence-electron chi connectivity index (χ2n) is 4.17. The molecule has 0 bridgehead atoms. The summed E-state index contributed by atoms with van der Waals surface area (Å²) in [6.45, 7) is 5.76. The summed E-state index contributed by atoms with van der Waals surface area (Å²) in [4.78, 5) is 11.2. The van der Waals surface area contributed by atoms with Crippen molar-refractivity contribution in [3.8, 4) is 0 Å². The van der Waals surface area contributed by atoms with E-state index in [1.807, 2.05) is 21.1 Å². The third kappa shape index (κ3) is 6.88. The van der Waals surface area contributed by atoms with E-state index in [9.17, 15) is 9.90 Å². The van der Waals surface area contributed by atoms with Crippen LogP contribution in [-0.4, -0.2) is 48.6 Å². The lowest BCUT2D eigenvalue weighted by Crippen LogP contribution is -2.40. The number of quaternary nitrogens is 1. The van der Waals surface area contributed by atoms with E-state index in [1.165, 1.54) is 0 Å². The van der Waals surface area contributed by atoms with Crippen LogP contribution in [0.25, 0.3) is 0 Å². The number of nitrogens with zero attached hydrogens (tertiary/aromatic N) is 1. The highest BCUT2D eigenvalue weighted by Crippen LogP contribution is 2.22. The minimum atomic E-state index is -0.593. The Balaban J connectivity index is 3.95. The van der Waals surface area contributed by atoms with Crippen molar-refractivity contribution in [3.63, 3.8) is 0 Å². The molecule has 1 unspecified atom stereocenters. The predicted molar refractivity (Wildman–Crippen MR) is 55.6 cm³/mol. The van der Waals surface area contributed by atoms with E-state index < -0.39 is 5.85 Å². The number of allylic oxidation sites excluding steroid dienone is 1. The van der Waals surface area contributed by atoms with Gasteiger partial charge in [0.15, 0.2) is 0 Å². The van der Waals surface area contributed by atoms with Crippen molar-refractivity contribution in [2.24, 2.45) is 0 Å². The van der Waals surface area contributed by atoms with Gasteiger partial charge in [-0.25, -0.2) is 0 Å². The van der Waals surface area contributed by atoms with Gasteiger partial charge in [-0.1, -0.05) is 6.58 Å². The summed E-state index contributed by atoms with van der Waals surface area (Å²) in [5, 5.41) is 9.51. The molecule has 0 fully saturated rings. The topological polar surface area (TPSA) is 37.3 Å².